The molecule has 1 saturated heterocycles. The molecule has 0 radical (unpaired) electrons. The minimum absolute atomic E-state index is 0.211. The third kappa shape index (κ3) is 4.52. The van der Waals surface area contributed by atoms with Crippen molar-refractivity contribution in [3.8, 4) is 0 Å². The Hall–Kier alpha value is -1.46. The quantitative estimate of drug-likeness (QED) is 0.792. The van der Waals surface area contributed by atoms with Crippen LogP contribution in [-0.2, 0) is 11.2 Å². The molecule has 1 aliphatic rings. The lowest BCUT2D eigenvalue weighted by molar-refractivity contribution is -0.146. The number of nitrogens with one attached hydrogen (secondary N) is 1. The monoisotopic (exact) mass is 358 g/mol. The number of carboxylic acid groups (broad SMARTS) is 1. The highest BCUT2D eigenvalue weighted by Crippen LogP contribution is 2.30. The van der Waals surface area contributed by atoms with Crippen LogP contribution < -0.4 is 5.32 Å². The Labute approximate surface area is 145 Å². The molecule has 1 aromatic rings. The second-order valence-corrected chi connectivity index (χ2v) is 6.95. The van der Waals surface area contributed by atoms with Gasteiger partial charge in [0.25, 0.3) is 0 Å². The maximum Gasteiger partial charge on any atom is 0.317 e. The molecule has 1 unspecified atom stereocenters. The number of rotatable bonds is 5. The number of carbonyl (C=O) groups is 2. The number of hydrogen-bond donors (Lipinski definition) is 2. The number of urea groups is 1. The van der Waals surface area contributed by atoms with Crippen LogP contribution in [0.25, 0.3) is 0 Å². The Morgan fingerprint density at radius 2 is 2.13 bits per heavy atom. The van der Waals surface area contributed by atoms with Crippen LogP contribution in [0.2, 0.25) is 10.0 Å². The van der Waals surface area contributed by atoms with Crippen molar-refractivity contribution >= 4 is 35.2 Å². The van der Waals surface area contributed by atoms with Crippen LogP contribution in [0.1, 0.15) is 25.3 Å². The lowest BCUT2D eigenvalue weighted by atomic mass is 9.90. The number of halogens is 2. The van der Waals surface area contributed by atoms with Crippen molar-refractivity contribution in [1.29, 1.82) is 0 Å². The summed E-state index contributed by atoms with van der Waals surface area (Å²) in [6.45, 7) is 2.90. The predicted molar refractivity (Wildman–Crippen MR) is 90.1 cm³/mol. The first kappa shape index (κ1) is 17.9. The Balaban J connectivity index is 1.74. The van der Waals surface area contributed by atoms with Crippen molar-refractivity contribution in [1.82, 2.24) is 10.2 Å². The lowest BCUT2D eigenvalue weighted by Crippen LogP contribution is -2.41. The first-order chi connectivity index (χ1) is 10.8. The predicted octanol–water partition coefficient (Wildman–Crippen LogP) is 3.43. The summed E-state index contributed by atoms with van der Waals surface area (Å²) in [6, 6.07) is 5.16. The van der Waals surface area contributed by atoms with Gasteiger partial charge in [0.1, 0.15) is 0 Å². The highest BCUT2D eigenvalue weighted by atomic mass is 35.5. The Kier molecular flexibility index (Phi) is 5.76. The zero-order chi connectivity index (χ0) is 17.0. The molecule has 2 amide bonds. The van der Waals surface area contributed by atoms with Crippen molar-refractivity contribution in [2.75, 3.05) is 19.6 Å². The van der Waals surface area contributed by atoms with E-state index in [4.69, 9.17) is 23.2 Å². The first-order valence-corrected chi connectivity index (χ1v) is 8.27. The molecule has 0 saturated carbocycles. The summed E-state index contributed by atoms with van der Waals surface area (Å²) in [5.74, 6) is -0.856. The van der Waals surface area contributed by atoms with Gasteiger partial charge in [0, 0.05) is 29.7 Å². The van der Waals surface area contributed by atoms with E-state index < -0.39 is 11.4 Å². The van der Waals surface area contributed by atoms with Crippen LogP contribution >= 0.6 is 23.2 Å². The van der Waals surface area contributed by atoms with Crippen LogP contribution in [0, 0.1) is 5.41 Å². The summed E-state index contributed by atoms with van der Waals surface area (Å²) in [7, 11) is 0. The molecule has 1 heterocycles. The van der Waals surface area contributed by atoms with Gasteiger partial charge >= 0.3 is 12.0 Å². The van der Waals surface area contributed by atoms with E-state index >= 15 is 0 Å². The summed E-state index contributed by atoms with van der Waals surface area (Å²) in [4.78, 5) is 24.8. The molecule has 1 aromatic carbocycles. The fraction of sp³-hybridized carbons (Fsp3) is 0.500. The normalized spacial score (nSPS) is 20.6. The average molecular weight is 359 g/mol. The van der Waals surface area contributed by atoms with Gasteiger partial charge in [-0.05, 0) is 43.9 Å². The van der Waals surface area contributed by atoms with Crippen molar-refractivity contribution in [2.24, 2.45) is 5.41 Å². The van der Waals surface area contributed by atoms with E-state index in [0.29, 0.717) is 29.6 Å². The summed E-state index contributed by atoms with van der Waals surface area (Å²) in [6.07, 6.45) is 1.97. The second-order valence-electron chi connectivity index (χ2n) is 6.11. The summed E-state index contributed by atoms with van der Waals surface area (Å²) < 4.78 is 0. The van der Waals surface area contributed by atoms with Gasteiger partial charge in [-0.25, -0.2) is 4.79 Å². The number of likely N-dealkylation sites (tertiary alicyclic amines) is 1. The number of amides is 2. The van der Waals surface area contributed by atoms with Gasteiger partial charge in [0.05, 0.1) is 5.41 Å². The number of benzene rings is 1. The van der Waals surface area contributed by atoms with E-state index in [1.165, 1.54) is 0 Å². The van der Waals surface area contributed by atoms with Gasteiger partial charge < -0.3 is 15.3 Å². The minimum Gasteiger partial charge on any atom is -0.481 e. The highest BCUT2D eigenvalue weighted by Gasteiger charge is 2.42. The molecular weight excluding hydrogens is 339 g/mol. The molecule has 0 aliphatic carbocycles. The number of aliphatic carboxylic acids is 1. The van der Waals surface area contributed by atoms with Crippen molar-refractivity contribution in [3.05, 3.63) is 33.8 Å². The molecule has 0 spiro atoms. The smallest absolute Gasteiger partial charge is 0.317 e. The van der Waals surface area contributed by atoms with Gasteiger partial charge in [0.15, 0.2) is 0 Å². The third-order valence-electron chi connectivity index (χ3n) is 4.19. The number of nitrogens with zero attached hydrogens (tertiary/aromatic N) is 1. The van der Waals surface area contributed by atoms with Crippen LogP contribution in [0.4, 0.5) is 4.79 Å². The molecule has 1 fully saturated rings. The number of hydrogen-bond acceptors (Lipinski definition) is 2. The summed E-state index contributed by atoms with van der Waals surface area (Å²) in [5, 5.41) is 13.2. The topological polar surface area (TPSA) is 69.6 Å². The molecule has 0 aromatic heterocycles. The Bertz CT molecular complexity index is 609. The van der Waals surface area contributed by atoms with Crippen LogP contribution in [-0.4, -0.2) is 41.6 Å². The molecule has 2 N–H and O–H groups in total. The highest BCUT2D eigenvalue weighted by molar-refractivity contribution is 6.35. The van der Waals surface area contributed by atoms with E-state index in [9.17, 15) is 14.7 Å². The summed E-state index contributed by atoms with van der Waals surface area (Å²) >= 11 is 11.9. The Morgan fingerprint density at radius 1 is 1.39 bits per heavy atom. The summed E-state index contributed by atoms with van der Waals surface area (Å²) in [5.41, 5.74) is 0.152. The number of aryl methyl sites for hydroxylation is 1. The van der Waals surface area contributed by atoms with Gasteiger partial charge in [-0.2, -0.15) is 0 Å². The fourth-order valence-corrected chi connectivity index (χ4v) is 3.12. The standard InChI is InChI=1S/C16H20Cl2N2O3/c1-16(14(21)22)6-8-20(10-16)15(23)19-7-2-3-11-4-5-12(17)9-13(11)18/h4-5,9H,2-3,6-8,10H2,1H3,(H,19,23)(H,21,22). The zero-order valence-corrected chi connectivity index (χ0v) is 14.5. The second kappa shape index (κ2) is 7.41. The fourth-order valence-electron chi connectivity index (χ4n) is 2.62. The molecule has 1 aliphatic heterocycles. The average Bonchev–Trinajstić information content (AvgIpc) is 2.89. The maximum atomic E-state index is 12.1. The third-order valence-corrected chi connectivity index (χ3v) is 4.78. The number of carboxylic acids is 1. The van der Waals surface area contributed by atoms with Gasteiger partial charge in [0.2, 0.25) is 0 Å². The SMILES string of the molecule is CC1(C(=O)O)CCN(C(=O)NCCCc2ccc(Cl)cc2Cl)C1. The minimum atomic E-state index is -0.856. The number of carbonyl (C=O) groups excluding carboxylic acids is 1. The molecule has 1 atom stereocenters. The van der Waals surface area contributed by atoms with E-state index in [2.05, 4.69) is 5.32 Å². The molecular formula is C16H20Cl2N2O3. The molecule has 7 heteroatoms. The maximum absolute atomic E-state index is 12.1. The molecule has 2 rings (SSSR count). The van der Waals surface area contributed by atoms with E-state index in [1.807, 2.05) is 6.07 Å². The molecule has 126 valence electrons. The van der Waals surface area contributed by atoms with E-state index in [0.717, 1.165) is 18.4 Å². The van der Waals surface area contributed by atoms with Crippen molar-refractivity contribution in [2.45, 2.75) is 26.2 Å². The largest absolute Gasteiger partial charge is 0.481 e. The molecule has 5 nitrogen and oxygen atoms in total. The molecule has 0 bridgehead atoms. The van der Waals surface area contributed by atoms with Gasteiger partial charge in [-0.3, -0.25) is 4.79 Å². The van der Waals surface area contributed by atoms with Crippen LogP contribution in [0.3, 0.4) is 0 Å². The van der Waals surface area contributed by atoms with E-state index in [1.54, 1.807) is 24.0 Å². The zero-order valence-electron chi connectivity index (χ0n) is 12.9. The van der Waals surface area contributed by atoms with Crippen molar-refractivity contribution < 1.29 is 14.7 Å². The molecule has 23 heavy (non-hydrogen) atoms. The van der Waals surface area contributed by atoms with Crippen molar-refractivity contribution in [3.63, 3.8) is 0 Å². The van der Waals surface area contributed by atoms with Gasteiger partial charge in [-0.1, -0.05) is 29.3 Å². The van der Waals surface area contributed by atoms with Crippen LogP contribution in [0.5, 0.6) is 0 Å². The van der Waals surface area contributed by atoms with Crippen LogP contribution in [0.15, 0.2) is 18.2 Å². The lowest BCUT2D eigenvalue weighted by Gasteiger charge is -2.20. The first-order valence-electron chi connectivity index (χ1n) is 7.52. The van der Waals surface area contributed by atoms with Gasteiger partial charge in [-0.15, -0.1) is 0 Å². The Morgan fingerprint density at radius 3 is 2.74 bits per heavy atom. The van der Waals surface area contributed by atoms with E-state index in [-0.39, 0.29) is 12.6 Å².